The maximum Gasteiger partial charge on any atom is 0.160 e. The van der Waals surface area contributed by atoms with E-state index in [0.717, 1.165) is 27.7 Å². The first-order chi connectivity index (χ1) is 11.3. The predicted molar refractivity (Wildman–Crippen MR) is 92.1 cm³/mol. The van der Waals surface area contributed by atoms with Crippen LogP contribution in [0.4, 0.5) is 0 Å². The maximum atomic E-state index is 9.83. The Hall–Kier alpha value is -3.20. The monoisotopic (exact) mass is 298 g/mol. The minimum Gasteiger partial charge on any atom is -0.508 e. The summed E-state index contributed by atoms with van der Waals surface area (Å²) in [6, 6.07) is 25.1. The second-order valence-electron chi connectivity index (χ2n) is 5.33. The van der Waals surface area contributed by atoms with Crippen molar-refractivity contribution >= 4 is 10.9 Å². The smallest absolute Gasteiger partial charge is 0.160 e. The second kappa shape index (κ2) is 5.54. The molecule has 4 rings (SSSR count). The molecule has 0 aliphatic rings. The first-order valence-corrected chi connectivity index (χ1v) is 7.43. The van der Waals surface area contributed by atoms with E-state index in [1.807, 2.05) is 66.7 Å². The molecular formula is C20H14N2O. The van der Waals surface area contributed by atoms with Crippen LogP contribution >= 0.6 is 0 Å². The summed E-state index contributed by atoms with van der Waals surface area (Å²) in [4.78, 5) is 9.41. The van der Waals surface area contributed by atoms with Crippen molar-refractivity contribution in [2.24, 2.45) is 0 Å². The molecule has 3 nitrogen and oxygen atoms in total. The van der Waals surface area contributed by atoms with Gasteiger partial charge in [0.25, 0.3) is 0 Å². The van der Waals surface area contributed by atoms with Gasteiger partial charge in [-0.2, -0.15) is 0 Å². The number of rotatable bonds is 2. The van der Waals surface area contributed by atoms with Crippen LogP contribution in [0.25, 0.3) is 33.5 Å². The molecule has 23 heavy (non-hydrogen) atoms. The first kappa shape index (κ1) is 13.5. The summed E-state index contributed by atoms with van der Waals surface area (Å²) in [7, 11) is 0. The predicted octanol–water partition coefficient (Wildman–Crippen LogP) is 4.67. The van der Waals surface area contributed by atoms with Gasteiger partial charge in [-0.05, 0) is 18.2 Å². The van der Waals surface area contributed by atoms with E-state index in [9.17, 15) is 5.11 Å². The fraction of sp³-hybridized carbons (Fsp3) is 0. The Bertz CT molecular complexity index is 967. The molecule has 1 N–H and O–H groups in total. The van der Waals surface area contributed by atoms with Crippen LogP contribution in [0.1, 0.15) is 0 Å². The van der Waals surface area contributed by atoms with Gasteiger partial charge in [0.15, 0.2) is 5.82 Å². The molecule has 0 atom stereocenters. The number of fused-ring (bicyclic) bond motifs is 1. The molecule has 3 aromatic carbocycles. The first-order valence-electron chi connectivity index (χ1n) is 7.43. The van der Waals surface area contributed by atoms with Crippen LogP contribution in [0.5, 0.6) is 5.75 Å². The summed E-state index contributed by atoms with van der Waals surface area (Å²) < 4.78 is 0. The number of aromatic hydroxyl groups is 1. The van der Waals surface area contributed by atoms with E-state index in [1.54, 1.807) is 12.1 Å². The van der Waals surface area contributed by atoms with Crippen molar-refractivity contribution in [3.8, 4) is 28.4 Å². The highest BCUT2D eigenvalue weighted by Gasteiger charge is 2.11. The lowest BCUT2D eigenvalue weighted by Crippen LogP contribution is -1.94. The Labute approximate surface area is 133 Å². The van der Waals surface area contributed by atoms with E-state index in [1.165, 1.54) is 0 Å². The molecule has 1 heterocycles. The summed E-state index contributed by atoms with van der Waals surface area (Å²) in [6.45, 7) is 0. The topological polar surface area (TPSA) is 46.0 Å². The minimum absolute atomic E-state index is 0.214. The molecule has 0 aliphatic carbocycles. The number of benzene rings is 3. The Kier molecular flexibility index (Phi) is 3.24. The Morgan fingerprint density at radius 1 is 0.652 bits per heavy atom. The van der Waals surface area contributed by atoms with Crippen LogP contribution < -0.4 is 0 Å². The van der Waals surface area contributed by atoms with Gasteiger partial charge in [0.2, 0.25) is 0 Å². The number of phenols is 1. The zero-order valence-electron chi connectivity index (χ0n) is 12.3. The minimum atomic E-state index is 0.214. The molecule has 0 spiro atoms. The fourth-order valence-corrected chi connectivity index (χ4v) is 2.65. The van der Waals surface area contributed by atoms with Gasteiger partial charge < -0.3 is 5.11 Å². The van der Waals surface area contributed by atoms with E-state index < -0.39 is 0 Å². The van der Waals surface area contributed by atoms with E-state index in [2.05, 4.69) is 4.98 Å². The standard InChI is InChI=1S/C20H14N2O/c23-16-11-12-18-17(13-16)19(14-7-3-1-4-8-14)22-20(21-18)15-9-5-2-6-10-15/h1-13,23H. The summed E-state index contributed by atoms with van der Waals surface area (Å²) in [5, 5.41) is 10.7. The molecule has 3 heteroatoms. The van der Waals surface area contributed by atoms with E-state index in [-0.39, 0.29) is 5.75 Å². The highest BCUT2D eigenvalue weighted by molar-refractivity contribution is 5.94. The third-order valence-corrected chi connectivity index (χ3v) is 3.76. The SMILES string of the molecule is Oc1ccc2nc(-c3ccccc3)nc(-c3ccccc3)c2c1. The quantitative estimate of drug-likeness (QED) is 0.585. The average Bonchev–Trinajstić information content (AvgIpc) is 2.62. The molecule has 110 valence electrons. The summed E-state index contributed by atoms with van der Waals surface area (Å²) >= 11 is 0. The van der Waals surface area contributed by atoms with Crippen LogP contribution in [-0.4, -0.2) is 15.1 Å². The average molecular weight is 298 g/mol. The second-order valence-corrected chi connectivity index (χ2v) is 5.33. The van der Waals surface area contributed by atoms with Crippen molar-refractivity contribution in [2.45, 2.75) is 0 Å². The number of hydrogen-bond donors (Lipinski definition) is 1. The van der Waals surface area contributed by atoms with Crippen LogP contribution in [0.2, 0.25) is 0 Å². The van der Waals surface area contributed by atoms with E-state index in [0.29, 0.717) is 5.82 Å². The lowest BCUT2D eigenvalue weighted by atomic mass is 10.1. The molecule has 0 radical (unpaired) electrons. The van der Waals surface area contributed by atoms with Gasteiger partial charge in [0, 0.05) is 16.5 Å². The summed E-state index contributed by atoms with van der Waals surface area (Å²) in [5.74, 6) is 0.897. The van der Waals surface area contributed by atoms with Crippen molar-refractivity contribution in [1.82, 2.24) is 9.97 Å². The number of nitrogens with zero attached hydrogens (tertiary/aromatic N) is 2. The van der Waals surface area contributed by atoms with Crippen molar-refractivity contribution in [1.29, 1.82) is 0 Å². The van der Waals surface area contributed by atoms with Gasteiger partial charge >= 0.3 is 0 Å². The highest BCUT2D eigenvalue weighted by Crippen LogP contribution is 2.30. The van der Waals surface area contributed by atoms with Gasteiger partial charge in [-0.1, -0.05) is 60.7 Å². The largest absolute Gasteiger partial charge is 0.508 e. The highest BCUT2D eigenvalue weighted by atomic mass is 16.3. The normalized spacial score (nSPS) is 10.8. The maximum absolute atomic E-state index is 9.83. The lowest BCUT2D eigenvalue weighted by Gasteiger charge is -2.09. The van der Waals surface area contributed by atoms with E-state index in [4.69, 9.17) is 4.98 Å². The zero-order valence-corrected chi connectivity index (χ0v) is 12.3. The molecule has 0 fully saturated rings. The zero-order chi connectivity index (χ0) is 15.6. The Morgan fingerprint density at radius 2 is 1.30 bits per heavy atom. The number of hydrogen-bond acceptors (Lipinski definition) is 3. The van der Waals surface area contributed by atoms with Crippen molar-refractivity contribution in [3.05, 3.63) is 78.9 Å². The molecule has 4 aromatic rings. The van der Waals surface area contributed by atoms with Crippen LogP contribution in [-0.2, 0) is 0 Å². The summed E-state index contributed by atoms with van der Waals surface area (Å²) in [6.07, 6.45) is 0. The van der Waals surface area contributed by atoms with Crippen LogP contribution in [0, 0.1) is 0 Å². The molecule has 0 saturated heterocycles. The van der Waals surface area contributed by atoms with Crippen LogP contribution in [0.15, 0.2) is 78.9 Å². The van der Waals surface area contributed by atoms with Gasteiger partial charge in [-0.25, -0.2) is 9.97 Å². The van der Waals surface area contributed by atoms with Gasteiger partial charge in [0.05, 0.1) is 11.2 Å². The number of aromatic nitrogens is 2. The molecular weight excluding hydrogens is 284 g/mol. The third-order valence-electron chi connectivity index (χ3n) is 3.76. The van der Waals surface area contributed by atoms with Crippen molar-refractivity contribution in [2.75, 3.05) is 0 Å². The Balaban J connectivity index is 2.04. The van der Waals surface area contributed by atoms with Gasteiger partial charge in [0.1, 0.15) is 5.75 Å². The molecule has 0 bridgehead atoms. The molecule has 0 amide bonds. The van der Waals surface area contributed by atoms with Gasteiger partial charge in [-0.3, -0.25) is 0 Å². The van der Waals surface area contributed by atoms with Crippen molar-refractivity contribution in [3.63, 3.8) is 0 Å². The number of phenolic OH excluding ortho intramolecular Hbond substituents is 1. The summed E-state index contributed by atoms with van der Waals surface area (Å²) in [5.41, 5.74) is 3.61. The fourth-order valence-electron chi connectivity index (χ4n) is 2.65. The van der Waals surface area contributed by atoms with Crippen molar-refractivity contribution < 1.29 is 5.11 Å². The van der Waals surface area contributed by atoms with Crippen LogP contribution in [0.3, 0.4) is 0 Å². The third kappa shape index (κ3) is 2.53. The Morgan fingerprint density at radius 3 is 2.00 bits per heavy atom. The molecule has 0 saturated carbocycles. The van der Waals surface area contributed by atoms with E-state index >= 15 is 0 Å². The molecule has 0 unspecified atom stereocenters. The lowest BCUT2D eigenvalue weighted by molar-refractivity contribution is 0.476. The molecule has 0 aliphatic heterocycles. The molecule has 1 aromatic heterocycles. The van der Waals surface area contributed by atoms with Gasteiger partial charge in [-0.15, -0.1) is 0 Å².